The van der Waals surface area contributed by atoms with E-state index < -0.39 is 12.1 Å². The molecule has 2 heterocycles. The Bertz CT molecular complexity index is 791. The van der Waals surface area contributed by atoms with Crippen LogP contribution >= 0.6 is 0 Å². The number of ether oxygens (including phenoxy) is 1. The Hall–Kier alpha value is -2.05. The second-order valence-corrected chi connectivity index (χ2v) is 8.07. The molecule has 1 fully saturated rings. The van der Waals surface area contributed by atoms with E-state index in [1.165, 1.54) is 11.1 Å². The fourth-order valence-corrected chi connectivity index (χ4v) is 5.45. The van der Waals surface area contributed by atoms with Gasteiger partial charge in [-0.2, -0.15) is 0 Å². The maximum Gasteiger partial charge on any atom is 0.303 e. The van der Waals surface area contributed by atoms with Crippen LogP contribution in [0.25, 0.3) is 0 Å². The number of likely N-dealkylation sites (N-methyl/N-ethyl adjacent to an activating group) is 1. The number of phenols is 1. The van der Waals surface area contributed by atoms with Crippen molar-refractivity contribution in [3.05, 3.63) is 35.4 Å². The highest BCUT2D eigenvalue weighted by molar-refractivity contribution is 5.66. The largest absolute Gasteiger partial charge is 0.504 e. The molecule has 1 aromatic rings. The predicted octanol–water partition coefficient (Wildman–Crippen LogP) is 2.07. The number of carboxylic acid groups (broad SMARTS) is 1. The first kappa shape index (κ1) is 18.3. The molecular weight excluding hydrogens is 346 g/mol. The molecule has 2 aliphatic carbocycles. The maximum absolute atomic E-state index is 10.4. The maximum atomic E-state index is 10.4. The van der Waals surface area contributed by atoms with E-state index in [4.69, 9.17) is 9.84 Å². The topological polar surface area (TPSA) is 90.2 Å². The number of carbonyl (C=O) groups is 1. The minimum absolute atomic E-state index is 0.160. The molecule has 6 heteroatoms. The van der Waals surface area contributed by atoms with Gasteiger partial charge in [-0.15, -0.1) is 0 Å². The molecule has 1 spiro atoms. The number of aliphatic carboxylic acids is 1. The fraction of sp³-hybridized carbons (Fsp3) is 0.571. The molecule has 4 aliphatic rings. The van der Waals surface area contributed by atoms with E-state index in [1.807, 2.05) is 19.1 Å². The summed E-state index contributed by atoms with van der Waals surface area (Å²) in [6.45, 7) is 2.85. The second-order valence-electron chi connectivity index (χ2n) is 8.07. The monoisotopic (exact) mass is 373 g/mol. The summed E-state index contributed by atoms with van der Waals surface area (Å²) in [4.78, 5) is 12.0. The van der Waals surface area contributed by atoms with Gasteiger partial charge in [-0.3, -0.25) is 4.79 Å². The predicted molar refractivity (Wildman–Crippen MR) is 100 cm³/mol. The average molecular weight is 373 g/mol. The fourth-order valence-electron chi connectivity index (χ4n) is 5.45. The van der Waals surface area contributed by atoms with Crippen molar-refractivity contribution < 1.29 is 24.9 Å². The van der Waals surface area contributed by atoms with Gasteiger partial charge in [0.2, 0.25) is 0 Å². The van der Waals surface area contributed by atoms with Crippen LogP contribution in [0.1, 0.15) is 37.3 Å². The van der Waals surface area contributed by atoms with Crippen LogP contribution in [0.15, 0.2) is 24.3 Å². The lowest BCUT2D eigenvalue weighted by molar-refractivity contribution is -0.137. The summed E-state index contributed by atoms with van der Waals surface area (Å²) >= 11 is 0. The summed E-state index contributed by atoms with van der Waals surface area (Å²) < 4.78 is 6.09. The molecule has 146 valence electrons. The van der Waals surface area contributed by atoms with E-state index >= 15 is 0 Å². The van der Waals surface area contributed by atoms with Crippen LogP contribution in [0.3, 0.4) is 0 Å². The first-order chi connectivity index (χ1) is 12.9. The highest BCUT2D eigenvalue weighted by Crippen LogP contribution is 2.62. The van der Waals surface area contributed by atoms with Gasteiger partial charge in [0.05, 0.1) is 0 Å². The van der Waals surface area contributed by atoms with Crippen LogP contribution in [0, 0.1) is 5.92 Å². The van der Waals surface area contributed by atoms with Crippen molar-refractivity contribution >= 4 is 5.97 Å². The molecule has 0 aromatic heterocycles. The number of hydrogen-bond acceptors (Lipinski definition) is 5. The minimum Gasteiger partial charge on any atom is -0.504 e. The van der Waals surface area contributed by atoms with Gasteiger partial charge in [-0.25, -0.2) is 0 Å². The van der Waals surface area contributed by atoms with E-state index in [0.29, 0.717) is 24.1 Å². The third-order valence-electron chi connectivity index (χ3n) is 6.61. The third kappa shape index (κ3) is 2.57. The van der Waals surface area contributed by atoms with Crippen molar-refractivity contribution in [1.29, 1.82) is 0 Å². The smallest absolute Gasteiger partial charge is 0.303 e. The summed E-state index contributed by atoms with van der Waals surface area (Å²) in [6.07, 6.45) is 6.20. The first-order valence-electron chi connectivity index (χ1n) is 9.70. The van der Waals surface area contributed by atoms with Gasteiger partial charge >= 0.3 is 5.97 Å². The number of benzene rings is 1. The summed E-state index contributed by atoms with van der Waals surface area (Å²) in [6, 6.07) is 4.23. The van der Waals surface area contributed by atoms with Crippen LogP contribution in [0.4, 0.5) is 0 Å². The molecule has 5 rings (SSSR count). The van der Waals surface area contributed by atoms with Crippen molar-refractivity contribution in [2.75, 3.05) is 13.6 Å². The van der Waals surface area contributed by atoms with Gasteiger partial charge in [-0.1, -0.05) is 25.1 Å². The highest BCUT2D eigenvalue weighted by atomic mass is 16.5. The Morgan fingerprint density at radius 1 is 1.37 bits per heavy atom. The molecule has 0 amide bonds. The minimum atomic E-state index is -0.711. The average Bonchev–Trinajstić information content (AvgIpc) is 2.98. The molecule has 1 saturated heterocycles. The Kier molecular flexibility index (Phi) is 4.43. The van der Waals surface area contributed by atoms with Crippen molar-refractivity contribution in [2.45, 2.75) is 56.3 Å². The van der Waals surface area contributed by atoms with Crippen LogP contribution in [0.2, 0.25) is 0 Å². The lowest BCUT2D eigenvalue weighted by atomic mass is 9.53. The number of hydrogen-bond donors (Lipinski definition) is 3. The zero-order chi connectivity index (χ0) is 19.3. The number of aromatic hydroxyl groups is 1. The molecule has 6 nitrogen and oxygen atoms in total. The number of aliphatic hydroxyl groups excluding tert-OH is 1. The summed E-state index contributed by atoms with van der Waals surface area (Å²) in [5.41, 5.74) is 2.29. The quantitative estimate of drug-likeness (QED) is 0.688. The standard InChI is InChI=1S/C17H19NO3.C4H8O2/c1-18-7-6-17-10-3-5-13(20)16(17)21-15-12(19)4-2-9(14(15)17)8-11(10)18;1-2-3-4(5)6/h2-5,10-11,13,16,19-20H,6-8H2,1H3;2-3H2,1H3,(H,5,6)/t10-,11+,13-,16-,17-;/m0./s1. The Morgan fingerprint density at radius 3 is 2.81 bits per heavy atom. The molecule has 2 bridgehead atoms. The molecular formula is C21H27NO5. The Labute approximate surface area is 159 Å². The third-order valence-corrected chi connectivity index (χ3v) is 6.61. The molecule has 2 aliphatic heterocycles. The summed E-state index contributed by atoms with van der Waals surface area (Å²) in [5, 5.41) is 28.6. The van der Waals surface area contributed by atoms with Gasteiger partial charge in [0.25, 0.3) is 0 Å². The van der Waals surface area contributed by atoms with Crippen molar-refractivity contribution in [3.8, 4) is 11.5 Å². The van der Waals surface area contributed by atoms with Crippen LogP contribution in [-0.2, 0) is 16.6 Å². The van der Waals surface area contributed by atoms with E-state index in [0.717, 1.165) is 25.8 Å². The van der Waals surface area contributed by atoms with E-state index in [-0.39, 0.29) is 17.3 Å². The number of aliphatic hydroxyl groups is 1. The number of likely N-dealkylation sites (tertiary alicyclic amines) is 1. The van der Waals surface area contributed by atoms with Crippen molar-refractivity contribution in [3.63, 3.8) is 0 Å². The zero-order valence-corrected chi connectivity index (χ0v) is 15.8. The number of nitrogens with zero attached hydrogens (tertiary/aromatic N) is 1. The van der Waals surface area contributed by atoms with Crippen LogP contribution in [-0.4, -0.2) is 58.0 Å². The van der Waals surface area contributed by atoms with Gasteiger partial charge in [0.1, 0.15) is 12.2 Å². The molecule has 0 radical (unpaired) electrons. The number of rotatable bonds is 2. The summed E-state index contributed by atoms with van der Waals surface area (Å²) in [5.74, 6) is 0.479. The van der Waals surface area contributed by atoms with E-state index in [2.05, 4.69) is 18.0 Å². The normalized spacial score (nSPS) is 34.9. The number of carboxylic acids is 1. The SMILES string of the molecule is CCCC(=O)O.CN1CC[C@]23c4c5ccc(O)c4O[C@H]2[C@@H](O)C=C[C@H]3[C@H]1C5. The molecule has 27 heavy (non-hydrogen) atoms. The molecule has 3 N–H and O–H groups in total. The lowest BCUT2D eigenvalue weighted by Crippen LogP contribution is -2.64. The molecule has 0 saturated carbocycles. The van der Waals surface area contributed by atoms with Gasteiger partial charge in [-0.05, 0) is 44.5 Å². The molecule has 1 aromatic carbocycles. The zero-order valence-electron chi connectivity index (χ0n) is 15.8. The Balaban J connectivity index is 0.000000264. The highest BCUT2D eigenvalue weighted by Gasteiger charge is 2.64. The van der Waals surface area contributed by atoms with Gasteiger partial charge in [0.15, 0.2) is 11.5 Å². The Morgan fingerprint density at radius 2 is 2.15 bits per heavy atom. The summed E-state index contributed by atoms with van der Waals surface area (Å²) in [7, 11) is 2.19. The molecule has 5 atom stereocenters. The number of piperidine rings is 1. The van der Waals surface area contributed by atoms with Crippen molar-refractivity contribution in [2.24, 2.45) is 5.92 Å². The second kappa shape index (κ2) is 6.53. The van der Waals surface area contributed by atoms with Crippen LogP contribution in [0.5, 0.6) is 11.5 Å². The first-order valence-corrected chi connectivity index (χ1v) is 9.70. The van der Waals surface area contributed by atoms with Gasteiger partial charge in [0, 0.05) is 29.4 Å². The van der Waals surface area contributed by atoms with E-state index in [9.17, 15) is 15.0 Å². The lowest BCUT2D eigenvalue weighted by Gasteiger charge is -2.56. The van der Waals surface area contributed by atoms with Gasteiger partial charge < -0.3 is 25.0 Å². The molecule has 0 unspecified atom stereocenters. The van der Waals surface area contributed by atoms with Crippen LogP contribution < -0.4 is 4.74 Å². The number of phenolic OH excluding ortho intramolecular Hbond substituents is 1. The van der Waals surface area contributed by atoms with E-state index in [1.54, 1.807) is 6.07 Å². The van der Waals surface area contributed by atoms with Crippen molar-refractivity contribution in [1.82, 2.24) is 4.90 Å².